The van der Waals surface area contributed by atoms with Crippen molar-refractivity contribution in [1.29, 1.82) is 0 Å². The van der Waals surface area contributed by atoms with E-state index in [-0.39, 0.29) is 18.4 Å². The number of benzene rings is 1. The van der Waals surface area contributed by atoms with Crippen LogP contribution in [0.1, 0.15) is 40.4 Å². The van der Waals surface area contributed by atoms with Gasteiger partial charge < -0.3 is 9.64 Å². The quantitative estimate of drug-likeness (QED) is 0.409. The molecule has 2 rings (SSSR count). The van der Waals surface area contributed by atoms with Crippen LogP contribution in [0.2, 0.25) is 0 Å². The highest BCUT2D eigenvalue weighted by atomic mass is 32.1. The summed E-state index contributed by atoms with van der Waals surface area (Å²) in [6, 6.07) is 7.36. The van der Waals surface area contributed by atoms with Crippen LogP contribution >= 0.6 is 11.3 Å². The van der Waals surface area contributed by atoms with Crippen LogP contribution in [-0.4, -0.2) is 36.1 Å². The van der Waals surface area contributed by atoms with E-state index in [1.807, 2.05) is 38.1 Å². The van der Waals surface area contributed by atoms with Crippen LogP contribution in [0.25, 0.3) is 5.57 Å². The summed E-state index contributed by atoms with van der Waals surface area (Å²) in [6.07, 6.45) is 0.379. The highest BCUT2D eigenvalue weighted by molar-refractivity contribution is 7.12. The van der Waals surface area contributed by atoms with Crippen molar-refractivity contribution >= 4 is 22.8 Å². The van der Waals surface area contributed by atoms with Crippen molar-refractivity contribution in [2.45, 2.75) is 39.0 Å². The lowest BCUT2D eigenvalue weighted by molar-refractivity contribution is -0.130. The first kappa shape index (κ1) is 25.4. The van der Waals surface area contributed by atoms with Gasteiger partial charge in [0.15, 0.2) is 0 Å². The average molecular weight is 465 g/mol. The minimum Gasteiger partial charge on any atom is -0.488 e. The lowest BCUT2D eigenvalue weighted by atomic mass is 10.00. The summed E-state index contributed by atoms with van der Waals surface area (Å²) in [5, 5.41) is 0.603. The smallest absolute Gasteiger partial charge is 0.392 e. The van der Waals surface area contributed by atoms with Crippen LogP contribution in [0.3, 0.4) is 0 Å². The lowest BCUT2D eigenvalue weighted by Gasteiger charge is -2.17. The Balaban J connectivity index is 2.08. The molecule has 0 saturated heterocycles. The fourth-order valence-electron chi connectivity index (χ4n) is 2.86. The second-order valence-electron chi connectivity index (χ2n) is 7.42. The minimum absolute atomic E-state index is 0.0270. The predicted octanol–water partition coefficient (Wildman–Crippen LogP) is 6.30. The van der Waals surface area contributed by atoms with Crippen molar-refractivity contribution in [3.05, 3.63) is 76.3 Å². The fraction of sp³-hybridized carbons (Fsp3) is 0.333. The number of aromatic nitrogens is 1. The lowest BCUT2D eigenvalue weighted by Crippen LogP contribution is -2.26. The zero-order chi connectivity index (χ0) is 23.9. The summed E-state index contributed by atoms with van der Waals surface area (Å²) in [7, 11) is 3.45. The van der Waals surface area contributed by atoms with Gasteiger partial charge in [-0.3, -0.25) is 4.79 Å². The van der Waals surface area contributed by atoms with E-state index in [0.29, 0.717) is 16.3 Å². The molecule has 0 aliphatic carbocycles. The fourth-order valence-corrected chi connectivity index (χ4v) is 3.84. The number of hydrogen-bond donors (Lipinski definition) is 0. The van der Waals surface area contributed by atoms with Gasteiger partial charge in [-0.2, -0.15) is 13.2 Å². The second kappa shape index (κ2) is 11.1. The highest BCUT2D eigenvalue weighted by Gasteiger charge is 2.24. The topological polar surface area (TPSA) is 42.4 Å². The van der Waals surface area contributed by atoms with E-state index < -0.39 is 12.6 Å². The Morgan fingerprint density at radius 1 is 1.28 bits per heavy atom. The number of likely N-dealkylation sites (N-methyl/N-ethyl adjacent to an activating group) is 1. The number of carbonyl (C=O) groups is 1. The maximum absolute atomic E-state index is 12.4. The monoisotopic (exact) mass is 464 g/mol. The molecule has 0 spiro atoms. The van der Waals surface area contributed by atoms with E-state index in [4.69, 9.17) is 4.74 Å². The first-order chi connectivity index (χ1) is 15.0. The average Bonchev–Trinajstić information content (AvgIpc) is 3.10. The SMILES string of the molecule is C=C/C=C(\C=C/CC(F)(F)F)c1nc(C)c(COc2ccc(C(C)C(=O)N(C)C)cc2)s1. The van der Waals surface area contributed by atoms with E-state index in [2.05, 4.69) is 11.6 Å². The molecule has 0 saturated carbocycles. The Bertz CT molecular complexity index is 990. The minimum atomic E-state index is -4.25. The zero-order valence-corrected chi connectivity index (χ0v) is 19.4. The Labute approximate surface area is 190 Å². The number of thiazole rings is 1. The number of halogens is 3. The molecule has 1 aromatic carbocycles. The molecule has 0 radical (unpaired) electrons. The largest absolute Gasteiger partial charge is 0.488 e. The maximum atomic E-state index is 12.4. The number of rotatable bonds is 9. The maximum Gasteiger partial charge on any atom is 0.392 e. The third-order valence-electron chi connectivity index (χ3n) is 4.64. The molecule has 0 N–H and O–H groups in total. The van der Waals surface area contributed by atoms with Gasteiger partial charge in [0.1, 0.15) is 17.4 Å². The summed E-state index contributed by atoms with van der Waals surface area (Å²) in [5.74, 6) is 0.435. The molecule has 1 atom stereocenters. The van der Waals surface area contributed by atoms with E-state index in [0.717, 1.165) is 22.2 Å². The van der Waals surface area contributed by atoms with Crippen molar-refractivity contribution in [3.63, 3.8) is 0 Å². The molecular formula is C24H27F3N2O2S. The van der Waals surface area contributed by atoms with Gasteiger partial charge in [-0.05, 0) is 31.5 Å². The summed E-state index contributed by atoms with van der Waals surface area (Å²) >= 11 is 1.37. The van der Waals surface area contributed by atoms with Gasteiger partial charge in [0, 0.05) is 19.7 Å². The Kier molecular flexibility index (Phi) is 8.83. The van der Waals surface area contributed by atoms with Crippen LogP contribution in [0.15, 0.2) is 55.1 Å². The Morgan fingerprint density at radius 2 is 1.94 bits per heavy atom. The van der Waals surface area contributed by atoms with Crippen LogP contribution < -0.4 is 4.74 Å². The summed E-state index contributed by atoms with van der Waals surface area (Å²) < 4.78 is 43.1. The third-order valence-corrected chi connectivity index (χ3v) is 5.82. The summed E-state index contributed by atoms with van der Waals surface area (Å²) in [5.41, 5.74) is 2.22. The number of nitrogens with zero attached hydrogens (tertiary/aromatic N) is 2. The molecule has 4 nitrogen and oxygen atoms in total. The van der Waals surface area contributed by atoms with Gasteiger partial charge in [0.25, 0.3) is 0 Å². The molecule has 2 aromatic rings. The van der Waals surface area contributed by atoms with Crippen molar-refractivity contribution in [3.8, 4) is 5.75 Å². The zero-order valence-electron chi connectivity index (χ0n) is 18.6. The molecule has 1 heterocycles. The predicted molar refractivity (Wildman–Crippen MR) is 123 cm³/mol. The second-order valence-corrected chi connectivity index (χ2v) is 8.50. The number of hydrogen-bond acceptors (Lipinski definition) is 4. The summed E-state index contributed by atoms with van der Waals surface area (Å²) in [6.45, 7) is 7.60. The highest BCUT2D eigenvalue weighted by Crippen LogP contribution is 2.28. The summed E-state index contributed by atoms with van der Waals surface area (Å²) in [4.78, 5) is 19.0. The Morgan fingerprint density at radius 3 is 2.50 bits per heavy atom. The molecular weight excluding hydrogens is 437 g/mol. The molecule has 32 heavy (non-hydrogen) atoms. The van der Waals surface area contributed by atoms with Crippen molar-refractivity contribution in [2.75, 3.05) is 14.1 Å². The van der Waals surface area contributed by atoms with Crippen molar-refractivity contribution in [2.24, 2.45) is 0 Å². The van der Waals surface area contributed by atoms with Gasteiger partial charge in [-0.15, -0.1) is 11.3 Å². The standard InChI is InChI=1S/C24H27F3N2O2S/c1-6-8-19(9-7-14-24(25,26)27)22-28-17(3)21(32-22)15-31-20-12-10-18(11-13-20)16(2)23(30)29(4)5/h6-13,16H,1,14-15H2,2-5H3/b9-7-,19-8+. The number of alkyl halides is 3. The molecule has 0 fully saturated rings. The number of aryl methyl sites for hydroxylation is 1. The molecule has 1 aromatic heterocycles. The Hall–Kier alpha value is -2.87. The van der Waals surface area contributed by atoms with E-state index in [1.165, 1.54) is 23.5 Å². The number of ether oxygens (including phenoxy) is 1. The van der Waals surface area contributed by atoms with Crippen molar-refractivity contribution < 1.29 is 22.7 Å². The molecule has 172 valence electrons. The van der Waals surface area contributed by atoms with Crippen LogP contribution in [-0.2, 0) is 11.4 Å². The number of carbonyl (C=O) groups excluding carboxylic acids is 1. The van der Waals surface area contributed by atoms with Crippen LogP contribution in [0.4, 0.5) is 13.2 Å². The van der Waals surface area contributed by atoms with Crippen LogP contribution in [0.5, 0.6) is 5.75 Å². The normalized spacial score (nSPS) is 13.3. The van der Waals surface area contributed by atoms with Gasteiger partial charge in [0.2, 0.25) is 5.91 Å². The number of allylic oxidation sites excluding steroid dienone is 5. The molecule has 0 aliphatic heterocycles. The third kappa shape index (κ3) is 7.37. The molecule has 1 amide bonds. The van der Waals surface area contributed by atoms with Gasteiger partial charge in [-0.1, -0.05) is 43.0 Å². The van der Waals surface area contributed by atoms with Gasteiger partial charge in [0.05, 0.1) is 22.9 Å². The molecule has 8 heteroatoms. The van der Waals surface area contributed by atoms with E-state index in [9.17, 15) is 18.0 Å². The molecule has 0 bridgehead atoms. The van der Waals surface area contributed by atoms with Crippen LogP contribution in [0, 0.1) is 6.92 Å². The van der Waals surface area contributed by atoms with E-state index >= 15 is 0 Å². The molecule has 1 unspecified atom stereocenters. The van der Waals surface area contributed by atoms with Crippen molar-refractivity contribution in [1.82, 2.24) is 9.88 Å². The van der Waals surface area contributed by atoms with Gasteiger partial charge >= 0.3 is 6.18 Å². The van der Waals surface area contributed by atoms with Gasteiger partial charge in [-0.25, -0.2) is 4.98 Å². The first-order valence-electron chi connectivity index (χ1n) is 9.98. The number of amides is 1. The molecule has 0 aliphatic rings. The van der Waals surface area contributed by atoms with E-state index in [1.54, 1.807) is 25.1 Å². The first-order valence-corrected chi connectivity index (χ1v) is 10.8.